The molecule has 0 bridgehead atoms. The highest BCUT2D eigenvalue weighted by molar-refractivity contribution is 5.87. The van der Waals surface area contributed by atoms with E-state index in [0.29, 0.717) is 5.41 Å². The number of carbonyl (C=O) groups is 1. The number of likely N-dealkylation sites (tertiary alicyclic amines) is 1. The molecule has 1 amide bonds. The highest BCUT2D eigenvalue weighted by Gasteiger charge is 2.46. The zero-order valence-electron chi connectivity index (χ0n) is 14.6. The van der Waals surface area contributed by atoms with Gasteiger partial charge < -0.3 is 14.4 Å². The molecule has 0 aromatic carbocycles. The van der Waals surface area contributed by atoms with Gasteiger partial charge in [0.2, 0.25) is 5.91 Å². The van der Waals surface area contributed by atoms with E-state index in [4.69, 9.17) is 9.47 Å². The third-order valence-corrected chi connectivity index (χ3v) is 5.43. The minimum atomic E-state index is 0.00420. The van der Waals surface area contributed by atoms with Gasteiger partial charge in [0.1, 0.15) is 0 Å². The van der Waals surface area contributed by atoms with Crippen LogP contribution in [0, 0.1) is 5.41 Å². The Bertz CT molecular complexity index is 447. The second-order valence-electron chi connectivity index (χ2n) is 7.87. The lowest BCUT2D eigenvalue weighted by atomic mass is 9.74. The Hall–Kier alpha value is -0.910. The number of hydrogen-bond donors (Lipinski definition) is 0. The predicted molar refractivity (Wildman–Crippen MR) is 89.3 cm³/mol. The van der Waals surface area contributed by atoms with Crippen molar-refractivity contribution < 1.29 is 14.3 Å². The van der Waals surface area contributed by atoms with Crippen LogP contribution in [0.5, 0.6) is 0 Å². The average Bonchev–Trinajstić information content (AvgIpc) is 2.84. The van der Waals surface area contributed by atoms with Gasteiger partial charge in [0, 0.05) is 38.8 Å². The second kappa shape index (κ2) is 6.91. The van der Waals surface area contributed by atoms with E-state index >= 15 is 0 Å². The van der Waals surface area contributed by atoms with Crippen LogP contribution in [0.15, 0.2) is 12.2 Å². The van der Waals surface area contributed by atoms with Crippen LogP contribution in [-0.2, 0) is 14.3 Å². The summed E-state index contributed by atoms with van der Waals surface area (Å²) in [6.07, 6.45) is 7.01. The molecule has 3 heterocycles. The zero-order chi connectivity index (χ0) is 16.3. The van der Waals surface area contributed by atoms with Crippen LogP contribution in [0.3, 0.4) is 0 Å². The summed E-state index contributed by atoms with van der Waals surface area (Å²) in [4.78, 5) is 16.6. The third kappa shape index (κ3) is 4.34. The normalized spacial score (nSPS) is 27.8. The maximum Gasteiger partial charge on any atom is 0.246 e. The zero-order valence-corrected chi connectivity index (χ0v) is 14.6. The number of rotatable bonds is 3. The molecular formula is C18H30N2O3. The van der Waals surface area contributed by atoms with E-state index in [1.165, 1.54) is 0 Å². The molecule has 5 nitrogen and oxygen atoms in total. The first kappa shape index (κ1) is 16.9. The summed E-state index contributed by atoms with van der Waals surface area (Å²) >= 11 is 0. The summed E-state index contributed by atoms with van der Waals surface area (Å²) in [6.45, 7) is 11.3. The van der Waals surface area contributed by atoms with E-state index in [1.54, 1.807) is 6.08 Å². The lowest BCUT2D eigenvalue weighted by molar-refractivity contribution is -0.128. The van der Waals surface area contributed by atoms with Crippen molar-refractivity contribution in [1.29, 1.82) is 0 Å². The van der Waals surface area contributed by atoms with Crippen LogP contribution in [0.25, 0.3) is 0 Å². The van der Waals surface area contributed by atoms with Crippen molar-refractivity contribution >= 4 is 5.91 Å². The van der Waals surface area contributed by atoms with Crippen LogP contribution in [0.1, 0.15) is 33.1 Å². The van der Waals surface area contributed by atoms with Crippen LogP contribution in [0.4, 0.5) is 0 Å². The standard InChI is InChI=1S/C18H30N2O3/c1-17(2)14-18(15-23-17)5-8-20(9-6-18)16(21)4-3-7-19-10-12-22-13-11-19/h3-4H,5-15H2,1-2H3/b4-3+. The molecule has 3 fully saturated rings. The van der Waals surface area contributed by atoms with Crippen LogP contribution < -0.4 is 0 Å². The molecule has 0 aliphatic carbocycles. The predicted octanol–water partition coefficient (Wildman–Crippen LogP) is 1.68. The fourth-order valence-corrected chi connectivity index (χ4v) is 4.07. The third-order valence-electron chi connectivity index (χ3n) is 5.43. The Morgan fingerprint density at radius 1 is 1.13 bits per heavy atom. The quantitative estimate of drug-likeness (QED) is 0.742. The van der Waals surface area contributed by atoms with E-state index in [0.717, 1.165) is 71.8 Å². The summed E-state index contributed by atoms with van der Waals surface area (Å²) < 4.78 is 11.3. The molecule has 3 rings (SSSR count). The summed E-state index contributed by atoms with van der Waals surface area (Å²) in [7, 11) is 0. The molecule has 3 saturated heterocycles. The molecule has 0 saturated carbocycles. The van der Waals surface area contributed by atoms with E-state index < -0.39 is 0 Å². The number of hydrogen-bond acceptors (Lipinski definition) is 4. The van der Waals surface area contributed by atoms with Crippen molar-refractivity contribution in [2.24, 2.45) is 5.41 Å². The minimum Gasteiger partial charge on any atom is -0.379 e. The Labute approximate surface area is 139 Å². The van der Waals surface area contributed by atoms with Crippen LogP contribution in [0.2, 0.25) is 0 Å². The average molecular weight is 322 g/mol. The molecule has 0 aromatic heterocycles. The lowest BCUT2D eigenvalue weighted by Crippen LogP contribution is -2.43. The van der Waals surface area contributed by atoms with Crippen molar-refractivity contribution in [3.05, 3.63) is 12.2 Å². The number of morpholine rings is 1. The van der Waals surface area contributed by atoms with Gasteiger partial charge >= 0.3 is 0 Å². The first-order chi connectivity index (χ1) is 11.0. The fraction of sp³-hybridized carbons (Fsp3) is 0.833. The number of carbonyl (C=O) groups excluding carboxylic acids is 1. The maximum absolute atomic E-state index is 12.3. The molecule has 0 aromatic rings. The van der Waals surface area contributed by atoms with Gasteiger partial charge in [-0.3, -0.25) is 9.69 Å². The number of ether oxygens (including phenoxy) is 2. The molecule has 0 unspecified atom stereocenters. The summed E-state index contributed by atoms with van der Waals surface area (Å²) in [5.74, 6) is 0.159. The fourth-order valence-electron chi connectivity index (χ4n) is 4.07. The molecule has 0 atom stereocenters. The largest absolute Gasteiger partial charge is 0.379 e. The van der Waals surface area contributed by atoms with E-state index in [1.807, 2.05) is 11.0 Å². The molecule has 0 N–H and O–H groups in total. The first-order valence-electron chi connectivity index (χ1n) is 8.88. The summed E-state index contributed by atoms with van der Waals surface area (Å²) in [5.41, 5.74) is 0.308. The number of piperidine rings is 1. The van der Waals surface area contributed by atoms with Gasteiger partial charge in [-0.2, -0.15) is 0 Å². The Kier molecular flexibility index (Phi) is 5.09. The lowest BCUT2D eigenvalue weighted by Gasteiger charge is -2.38. The van der Waals surface area contributed by atoms with Crippen molar-refractivity contribution in [2.45, 2.75) is 38.7 Å². The highest BCUT2D eigenvalue weighted by Crippen LogP contribution is 2.46. The molecule has 3 aliphatic heterocycles. The Balaban J connectivity index is 1.43. The van der Waals surface area contributed by atoms with Gasteiger partial charge in [-0.05, 0) is 38.5 Å². The van der Waals surface area contributed by atoms with Crippen molar-refractivity contribution in [2.75, 3.05) is 52.5 Å². The van der Waals surface area contributed by atoms with Gasteiger partial charge in [0.05, 0.1) is 25.4 Å². The van der Waals surface area contributed by atoms with Gasteiger partial charge in [-0.25, -0.2) is 0 Å². The van der Waals surface area contributed by atoms with Crippen molar-refractivity contribution in [1.82, 2.24) is 9.80 Å². The molecule has 130 valence electrons. The van der Waals surface area contributed by atoms with Gasteiger partial charge in [0.25, 0.3) is 0 Å². The molecule has 0 radical (unpaired) electrons. The van der Waals surface area contributed by atoms with E-state index in [-0.39, 0.29) is 11.5 Å². The van der Waals surface area contributed by atoms with Gasteiger partial charge in [-0.1, -0.05) is 6.08 Å². The molecule has 5 heteroatoms. The number of nitrogens with zero attached hydrogens (tertiary/aromatic N) is 2. The van der Waals surface area contributed by atoms with E-state index in [9.17, 15) is 4.79 Å². The summed E-state index contributed by atoms with van der Waals surface area (Å²) in [6, 6.07) is 0. The molecule has 3 aliphatic rings. The SMILES string of the molecule is CC1(C)CC2(CCN(C(=O)/C=C/CN3CCOCC3)CC2)CO1. The Morgan fingerprint density at radius 2 is 1.83 bits per heavy atom. The molecular weight excluding hydrogens is 292 g/mol. The molecule has 1 spiro atoms. The number of amides is 1. The summed E-state index contributed by atoms with van der Waals surface area (Å²) in [5, 5.41) is 0. The molecule has 23 heavy (non-hydrogen) atoms. The van der Waals surface area contributed by atoms with Gasteiger partial charge in [-0.15, -0.1) is 0 Å². The van der Waals surface area contributed by atoms with Gasteiger partial charge in [0.15, 0.2) is 0 Å². The highest BCUT2D eigenvalue weighted by atomic mass is 16.5. The van der Waals surface area contributed by atoms with Crippen molar-refractivity contribution in [3.8, 4) is 0 Å². The maximum atomic E-state index is 12.3. The van der Waals surface area contributed by atoms with Crippen LogP contribution >= 0.6 is 0 Å². The van der Waals surface area contributed by atoms with Crippen molar-refractivity contribution in [3.63, 3.8) is 0 Å². The van der Waals surface area contributed by atoms with Crippen LogP contribution in [-0.4, -0.2) is 73.9 Å². The van der Waals surface area contributed by atoms with E-state index in [2.05, 4.69) is 18.7 Å². The smallest absolute Gasteiger partial charge is 0.246 e. The first-order valence-corrected chi connectivity index (χ1v) is 8.88. The Morgan fingerprint density at radius 3 is 2.43 bits per heavy atom. The topological polar surface area (TPSA) is 42.0 Å². The minimum absolute atomic E-state index is 0.00420. The second-order valence-corrected chi connectivity index (χ2v) is 7.87. The monoisotopic (exact) mass is 322 g/mol.